The van der Waals surface area contributed by atoms with Crippen LogP contribution < -0.4 is 11.4 Å². The van der Waals surface area contributed by atoms with Gasteiger partial charge in [0.05, 0.1) is 5.57 Å². The molecule has 3 heterocycles. The van der Waals surface area contributed by atoms with Crippen molar-refractivity contribution < 1.29 is 14.3 Å². The van der Waals surface area contributed by atoms with Gasteiger partial charge in [-0.2, -0.15) is 4.98 Å². The van der Waals surface area contributed by atoms with Crippen molar-refractivity contribution in [3.05, 3.63) is 39.3 Å². The molecule has 1 fully saturated rings. The Bertz CT molecular complexity index is 788. The molecule has 2 amide bonds. The van der Waals surface area contributed by atoms with E-state index in [9.17, 15) is 14.4 Å². The standard InChI is InChI=1S/C16H20N4O4/c1-9-7-12(19-15(23)18-9)14(22)20-5-3-16(4-6-20)8-11(13(17)21)10(2)24-16/h7H,3-6,8H2,1-2H3,(H2,17,21)(H,18,19,23). The average Bonchev–Trinajstić information content (AvgIpc) is 2.83. The van der Waals surface area contributed by atoms with Crippen LogP contribution in [-0.2, 0) is 9.53 Å². The van der Waals surface area contributed by atoms with Crippen LogP contribution in [0.15, 0.2) is 22.2 Å². The van der Waals surface area contributed by atoms with E-state index in [1.807, 2.05) is 0 Å². The van der Waals surface area contributed by atoms with Crippen LogP contribution in [0, 0.1) is 6.92 Å². The molecule has 8 nitrogen and oxygen atoms in total. The second-order valence-corrected chi connectivity index (χ2v) is 6.41. The van der Waals surface area contributed by atoms with Crippen molar-refractivity contribution in [2.75, 3.05) is 13.1 Å². The minimum atomic E-state index is -0.531. The van der Waals surface area contributed by atoms with Gasteiger partial charge in [-0.15, -0.1) is 0 Å². The van der Waals surface area contributed by atoms with Crippen molar-refractivity contribution in [3.8, 4) is 0 Å². The van der Waals surface area contributed by atoms with Crippen LogP contribution in [0.25, 0.3) is 0 Å². The maximum Gasteiger partial charge on any atom is 0.345 e. The molecule has 1 aromatic rings. The summed E-state index contributed by atoms with van der Waals surface area (Å²) in [5.74, 6) is -0.142. The molecular weight excluding hydrogens is 312 g/mol. The minimum absolute atomic E-state index is 0.145. The van der Waals surface area contributed by atoms with E-state index in [1.54, 1.807) is 24.8 Å². The van der Waals surface area contributed by atoms with Gasteiger partial charge in [0.25, 0.3) is 5.91 Å². The molecule has 1 spiro atoms. The number of nitrogens with one attached hydrogen (secondary N) is 1. The number of likely N-dealkylation sites (tertiary alicyclic amines) is 1. The summed E-state index contributed by atoms with van der Waals surface area (Å²) in [7, 11) is 0. The molecule has 8 heteroatoms. The first-order chi connectivity index (χ1) is 11.3. The largest absolute Gasteiger partial charge is 0.491 e. The molecule has 0 saturated carbocycles. The maximum absolute atomic E-state index is 12.5. The van der Waals surface area contributed by atoms with Crippen LogP contribution in [0.1, 0.15) is 42.4 Å². The van der Waals surface area contributed by atoms with Gasteiger partial charge in [-0.25, -0.2) is 4.79 Å². The number of amides is 2. The second kappa shape index (κ2) is 5.77. The van der Waals surface area contributed by atoms with E-state index < -0.39 is 17.2 Å². The molecule has 2 aliphatic rings. The highest BCUT2D eigenvalue weighted by atomic mass is 16.5. The van der Waals surface area contributed by atoms with Gasteiger partial charge in [0.2, 0.25) is 5.91 Å². The van der Waals surface area contributed by atoms with E-state index in [1.165, 1.54) is 0 Å². The first-order valence-electron chi connectivity index (χ1n) is 7.85. The summed E-state index contributed by atoms with van der Waals surface area (Å²) in [6.07, 6.45) is 1.70. The topological polar surface area (TPSA) is 118 Å². The Labute approximate surface area is 138 Å². The van der Waals surface area contributed by atoms with Crippen LogP contribution in [0.3, 0.4) is 0 Å². The molecule has 1 aromatic heterocycles. The number of aromatic nitrogens is 2. The average molecular weight is 332 g/mol. The lowest BCUT2D eigenvalue weighted by Crippen LogP contribution is -2.47. The number of piperidine rings is 1. The molecule has 0 radical (unpaired) electrons. The Morgan fingerprint density at radius 3 is 2.54 bits per heavy atom. The van der Waals surface area contributed by atoms with Crippen molar-refractivity contribution in [1.29, 1.82) is 0 Å². The summed E-state index contributed by atoms with van der Waals surface area (Å²) < 4.78 is 5.91. The Kier molecular flexibility index (Phi) is 3.90. The normalized spacial score (nSPS) is 19.5. The van der Waals surface area contributed by atoms with Crippen LogP contribution in [-0.4, -0.2) is 45.4 Å². The zero-order chi connectivity index (χ0) is 17.5. The number of rotatable bonds is 2. The monoisotopic (exact) mass is 332 g/mol. The zero-order valence-electron chi connectivity index (χ0n) is 13.7. The highest BCUT2D eigenvalue weighted by molar-refractivity contribution is 5.93. The number of allylic oxidation sites excluding steroid dienone is 1. The molecule has 24 heavy (non-hydrogen) atoms. The van der Waals surface area contributed by atoms with Crippen molar-refractivity contribution >= 4 is 11.8 Å². The number of H-pyrrole nitrogens is 1. The molecule has 2 aliphatic heterocycles. The van der Waals surface area contributed by atoms with Gasteiger partial charge in [0, 0.05) is 38.0 Å². The van der Waals surface area contributed by atoms with Gasteiger partial charge in [-0.3, -0.25) is 9.59 Å². The van der Waals surface area contributed by atoms with E-state index >= 15 is 0 Å². The fourth-order valence-corrected chi connectivity index (χ4v) is 3.38. The van der Waals surface area contributed by atoms with Crippen molar-refractivity contribution in [2.24, 2.45) is 5.73 Å². The van der Waals surface area contributed by atoms with Crippen LogP contribution in [0.2, 0.25) is 0 Å². The summed E-state index contributed by atoms with van der Waals surface area (Å²) in [6.45, 7) is 4.41. The van der Waals surface area contributed by atoms with Crippen molar-refractivity contribution in [1.82, 2.24) is 14.9 Å². The Morgan fingerprint density at radius 2 is 2.00 bits per heavy atom. The zero-order valence-corrected chi connectivity index (χ0v) is 13.7. The minimum Gasteiger partial charge on any atom is -0.491 e. The molecular formula is C16H20N4O4. The third-order valence-electron chi connectivity index (χ3n) is 4.65. The van der Waals surface area contributed by atoms with Gasteiger partial charge in [-0.1, -0.05) is 0 Å². The Morgan fingerprint density at radius 1 is 1.33 bits per heavy atom. The molecule has 128 valence electrons. The predicted molar refractivity (Wildman–Crippen MR) is 85.1 cm³/mol. The Hall–Kier alpha value is -2.64. The number of hydrogen-bond acceptors (Lipinski definition) is 5. The molecule has 1 saturated heterocycles. The molecule has 0 bridgehead atoms. The smallest absolute Gasteiger partial charge is 0.345 e. The van der Waals surface area contributed by atoms with Crippen molar-refractivity contribution in [2.45, 2.75) is 38.7 Å². The SMILES string of the molecule is CC1=C(C(N)=O)CC2(CCN(C(=O)c3cc(C)[nH]c(=O)n3)CC2)O1. The summed E-state index contributed by atoms with van der Waals surface area (Å²) in [6, 6.07) is 1.57. The van der Waals surface area contributed by atoms with Gasteiger partial charge >= 0.3 is 5.69 Å². The van der Waals surface area contributed by atoms with Crippen LogP contribution >= 0.6 is 0 Å². The lowest BCUT2D eigenvalue weighted by molar-refractivity contribution is -0.114. The lowest BCUT2D eigenvalue weighted by atomic mass is 9.86. The van der Waals surface area contributed by atoms with Gasteiger partial charge in [0.1, 0.15) is 17.1 Å². The number of carbonyl (C=O) groups is 2. The van der Waals surface area contributed by atoms with E-state index in [0.717, 1.165) is 0 Å². The lowest BCUT2D eigenvalue weighted by Gasteiger charge is -2.39. The van der Waals surface area contributed by atoms with Crippen molar-refractivity contribution in [3.63, 3.8) is 0 Å². The molecule has 0 aromatic carbocycles. The number of aromatic amines is 1. The summed E-state index contributed by atoms with van der Waals surface area (Å²) >= 11 is 0. The quantitative estimate of drug-likeness (QED) is 0.804. The number of carbonyl (C=O) groups excluding carboxylic acids is 2. The fraction of sp³-hybridized carbons (Fsp3) is 0.500. The van der Waals surface area contributed by atoms with E-state index in [0.29, 0.717) is 49.4 Å². The highest BCUT2D eigenvalue weighted by Gasteiger charge is 2.44. The highest BCUT2D eigenvalue weighted by Crippen LogP contribution is 2.41. The van der Waals surface area contributed by atoms with E-state index in [-0.39, 0.29) is 11.6 Å². The van der Waals surface area contributed by atoms with E-state index in [4.69, 9.17) is 10.5 Å². The number of nitrogens with zero attached hydrogens (tertiary/aromatic N) is 2. The van der Waals surface area contributed by atoms with Gasteiger partial charge in [0.15, 0.2) is 0 Å². The second-order valence-electron chi connectivity index (χ2n) is 6.41. The number of aryl methyl sites for hydroxylation is 1. The molecule has 3 N–H and O–H groups in total. The summed E-state index contributed by atoms with van der Waals surface area (Å²) in [5, 5.41) is 0. The number of hydrogen-bond donors (Lipinski definition) is 2. The molecule has 3 rings (SSSR count). The van der Waals surface area contributed by atoms with E-state index in [2.05, 4.69) is 9.97 Å². The summed E-state index contributed by atoms with van der Waals surface area (Å²) in [4.78, 5) is 43.3. The number of ether oxygens (including phenoxy) is 1. The fourth-order valence-electron chi connectivity index (χ4n) is 3.38. The third kappa shape index (κ3) is 2.91. The van der Waals surface area contributed by atoms with Crippen LogP contribution in [0.5, 0.6) is 0 Å². The Balaban J connectivity index is 1.69. The molecule has 0 unspecified atom stereocenters. The summed E-state index contributed by atoms with van der Waals surface area (Å²) in [5.41, 5.74) is 5.66. The first-order valence-corrected chi connectivity index (χ1v) is 7.85. The number of nitrogens with two attached hydrogens (primary N) is 1. The van der Waals surface area contributed by atoms with Crippen LogP contribution in [0.4, 0.5) is 0 Å². The number of primary amides is 1. The molecule has 0 aliphatic carbocycles. The molecule has 0 atom stereocenters. The first kappa shape index (κ1) is 16.2. The maximum atomic E-state index is 12.5. The van der Waals surface area contributed by atoms with Gasteiger partial charge in [-0.05, 0) is 19.9 Å². The predicted octanol–water partition coefficient (Wildman–Crippen LogP) is 0.233. The van der Waals surface area contributed by atoms with Gasteiger partial charge < -0.3 is 20.4 Å². The third-order valence-corrected chi connectivity index (χ3v) is 4.65.